The molecular formula is C15H17N3O2. The molecule has 1 saturated heterocycles. The van der Waals surface area contributed by atoms with Crippen LogP contribution in [0.1, 0.15) is 18.6 Å². The lowest BCUT2D eigenvalue weighted by molar-refractivity contribution is -0.121. The average molecular weight is 271 g/mol. The third-order valence-corrected chi connectivity index (χ3v) is 3.50. The summed E-state index contributed by atoms with van der Waals surface area (Å²) >= 11 is 0. The Labute approximate surface area is 117 Å². The van der Waals surface area contributed by atoms with Crippen LogP contribution in [-0.4, -0.2) is 23.5 Å². The van der Waals surface area contributed by atoms with Crippen LogP contribution >= 0.6 is 0 Å². The molecule has 1 aliphatic heterocycles. The van der Waals surface area contributed by atoms with Crippen LogP contribution in [0.15, 0.2) is 47.3 Å². The number of furan rings is 1. The Hall–Kier alpha value is -2.14. The van der Waals surface area contributed by atoms with Gasteiger partial charge in [0, 0.05) is 12.7 Å². The van der Waals surface area contributed by atoms with Gasteiger partial charge in [0.15, 0.2) is 0 Å². The molecule has 0 spiro atoms. The number of carbonyl (C=O) groups excluding carboxylic acids is 1. The van der Waals surface area contributed by atoms with E-state index in [4.69, 9.17) is 4.42 Å². The van der Waals surface area contributed by atoms with Crippen LogP contribution in [0.2, 0.25) is 0 Å². The van der Waals surface area contributed by atoms with Crippen molar-refractivity contribution in [1.29, 1.82) is 0 Å². The first-order valence-corrected chi connectivity index (χ1v) is 6.82. The fraction of sp³-hybridized carbons (Fsp3) is 0.333. The minimum absolute atomic E-state index is 0.107. The van der Waals surface area contributed by atoms with Crippen molar-refractivity contribution < 1.29 is 9.21 Å². The molecule has 1 N–H and O–H groups in total. The monoisotopic (exact) mass is 271 g/mol. The number of carbonyl (C=O) groups is 1. The molecule has 0 aliphatic carbocycles. The smallest absolute Gasteiger partial charge is 0.244 e. The number of hydrogen-bond donors (Lipinski definition) is 1. The predicted octanol–water partition coefficient (Wildman–Crippen LogP) is 1.96. The molecule has 3 rings (SSSR count). The van der Waals surface area contributed by atoms with E-state index in [0.717, 1.165) is 30.8 Å². The van der Waals surface area contributed by atoms with E-state index >= 15 is 0 Å². The summed E-state index contributed by atoms with van der Waals surface area (Å²) in [7, 11) is 0. The van der Waals surface area contributed by atoms with E-state index in [0.29, 0.717) is 6.54 Å². The normalized spacial score (nSPS) is 19.3. The van der Waals surface area contributed by atoms with Gasteiger partial charge in [-0.1, -0.05) is 0 Å². The number of rotatable bonds is 4. The fourth-order valence-corrected chi connectivity index (χ4v) is 2.47. The van der Waals surface area contributed by atoms with E-state index in [1.165, 1.54) is 0 Å². The van der Waals surface area contributed by atoms with Crippen LogP contribution in [-0.2, 0) is 11.3 Å². The third-order valence-electron chi connectivity index (χ3n) is 3.50. The maximum atomic E-state index is 12.5. The van der Waals surface area contributed by atoms with Crippen molar-refractivity contribution in [3.63, 3.8) is 0 Å². The summed E-state index contributed by atoms with van der Waals surface area (Å²) in [6.07, 6.45) is 6.92. The van der Waals surface area contributed by atoms with Crippen molar-refractivity contribution >= 4 is 11.6 Å². The zero-order valence-electron chi connectivity index (χ0n) is 11.2. The summed E-state index contributed by atoms with van der Waals surface area (Å²) in [5.41, 5.74) is 0.863. The van der Waals surface area contributed by atoms with E-state index in [-0.39, 0.29) is 11.9 Å². The van der Waals surface area contributed by atoms with Gasteiger partial charge in [-0.3, -0.25) is 15.1 Å². The molecule has 1 unspecified atom stereocenters. The number of nitrogens with one attached hydrogen (secondary N) is 1. The number of pyridine rings is 1. The molecule has 0 saturated carbocycles. The largest absolute Gasteiger partial charge is 0.468 e. The van der Waals surface area contributed by atoms with Gasteiger partial charge < -0.3 is 9.32 Å². The van der Waals surface area contributed by atoms with E-state index in [1.54, 1.807) is 23.6 Å². The Kier molecular flexibility index (Phi) is 3.78. The summed E-state index contributed by atoms with van der Waals surface area (Å²) in [5.74, 6) is 0.951. The first kappa shape index (κ1) is 12.9. The van der Waals surface area contributed by atoms with E-state index in [1.807, 2.05) is 24.3 Å². The predicted molar refractivity (Wildman–Crippen MR) is 75.2 cm³/mol. The molecule has 104 valence electrons. The molecule has 1 aliphatic rings. The quantitative estimate of drug-likeness (QED) is 0.923. The van der Waals surface area contributed by atoms with Crippen molar-refractivity contribution in [2.45, 2.75) is 25.4 Å². The van der Waals surface area contributed by atoms with Gasteiger partial charge in [0.25, 0.3) is 0 Å². The van der Waals surface area contributed by atoms with Crippen molar-refractivity contribution in [3.05, 3.63) is 48.7 Å². The van der Waals surface area contributed by atoms with E-state index < -0.39 is 0 Å². The van der Waals surface area contributed by atoms with Crippen molar-refractivity contribution in [1.82, 2.24) is 10.3 Å². The summed E-state index contributed by atoms with van der Waals surface area (Å²) in [4.78, 5) is 18.4. The number of anilines is 1. The molecule has 1 amide bonds. The van der Waals surface area contributed by atoms with Crippen LogP contribution in [0, 0.1) is 0 Å². The lowest BCUT2D eigenvalue weighted by atomic mass is 10.0. The first-order chi connectivity index (χ1) is 9.84. The van der Waals surface area contributed by atoms with Gasteiger partial charge in [-0.25, -0.2) is 0 Å². The number of aromatic nitrogens is 1. The Morgan fingerprint density at radius 3 is 3.10 bits per heavy atom. The van der Waals surface area contributed by atoms with Crippen LogP contribution < -0.4 is 10.2 Å². The number of amides is 1. The second-order valence-corrected chi connectivity index (χ2v) is 4.86. The molecule has 5 heteroatoms. The molecule has 2 aromatic heterocycles. The molecule has 5 nitrogen and oxygen atoms in total. The van der Waals surface area contributed by atoms with Crippen LogP contribution in [0.5, 0.6) is 0 Å². The van der Waals surface area contributed by atoms with Gasteiger partial charge >= 0.3 is 0 Å². The molecule has 20 heavy (non-hydrogen) atoms. The highest BCUT2D eigenvalue weighted by Gasteiger charge is 2.29. The standard InChI is InChI=1S/C15H17N3O2/c19-15-14(17-11-13-5-3-9-20-13)6-2-8-18(15)12-4-1-7-16-10-12/h1,3-5,7,9-10,14,17H,2,6,8,11H2. The minimum Gasteiger partial charge on any atom is -0.468 e. The van der Waals surface area contributed by atoms with Gasteiger partial charge in [-0.05, 0) is 37.1 Å². The summed E-state index contributed by atoms with van der Waals surface area (Å²) < 4.78 is 5.27. The van der Waals surface area contributed by atoms with Crippen molar-refractivity contribution in [3.8, 4) is 0 Å². The molecule has 2 aromatic rings. The van der Waals surface area contributed by atoms with Crippen LogP contribution in [0.25, 0.3) is 0 Å². The Balaban J connectivity index is 1.66. The molecule has 3 heterocycles. The number of nitrogens with zero attached hydrogens (tertiary/aromatic N) is 2. The maximum absolute atomic E-state index is 12.5. The maximum Gasteiger partial charge on any atom is 0.244 e. The Morgan fingerprint density at radius 2 is 2.35 bits per heavy atom. The van der Waals surface area contributed by atoms with Crippen molar-refractivity contribution in [2.75, 3.05) is 11.4 Å². The Bertz CT molecular complexity index is 554. The first-order valence-electron chi connectivity index (χ1n) is 6.82. The van der Waals surface area contributed by atoms with Gasteiger partial charge in [0.2, 0.25) is 5.91 Å². The zero-order valence-corrected chi connectivity index (χ0v) is 11.2. The highest BCUT2D eigenvalue weighted by molar-refractivity contribution is 5.97. The number of hydrogen-bond acceptors (Lipinski definition) is 4. The zero-order chi connectivity index (χ0) is 13.8. The highest BCUT2D eigenvalue weighted by atomic mass is 16.3. The van der Waals surface area contributed by atoms with Crippen molar-refractivity contribution in [2.24, 2.45) is 0 Å². The molecule has 0 aromatic carbocycles. The molecule has 1 fully saturated rings. The highest BCUT2D eigenvalue weighted by Crippen LogP contribution is 2.20. The SMILES string of the molecule is O=C1C(NCc2ccco2)CCCN1c1cccnc1. The molecule has 1 atom stereocenters. The molecule has 0 radical (unpaired) electrons. The van der Waals surface area contributed by atoms with Gasteiger partial charge in [-0.15, -0.1) is 0 Å². The Morgan fingerprint density at radius 1 is 1.40 bits per heavy atom. The van der Waals surface area contributed by atoms with Gasteiger partial charge in [-0.2, -0.15) is 0 Å². The van der Waals surface area contributed by atoms with Crippen LogP contribution in [0.4, 0.5) is 5.69 Å². The summed E-state index contributed by atoms with van der Waals surface area (Å²) in [6.45, 7) is 1.33. The van der Waals surface area contributed by atoms with Gasteiger partial charge in [0.1, 0.15) is 5.76 Å². The van der Waals surface area contributed by atoms with Crippen LogP contribution in [0.3, 0.4) is 0 Å². The van der Waals surface area contributed by atoms with E-state index in [9.17, 15) is 4.79 Å². The second-order valence-electron chi connectivity index (χ2n) is 4.86. The summed E-state index contributed by atoms with van der Waals surface area (Å²) in [5, 5.41) is 3.27. The topological polar surface area (TPSA) is 58.4 Å². The minimum atomic E-state index is -0.158. The lowest BCUT2D eigenvalue weighted by Gasteiger charge is -2.32. The second kappa shape index (κ2) is 5.88. The van der Waals surface area contributed by atoms with E-state index in [2.05, 4.69) is 10.3 Å². The fourth-order valence-electron chi connectivity index (χ4n) is 2.47. The summed E-state index contributed by atoms with van der Waals surface area (Å²) in [6, 6.07) is 7.36. The number of piperidine rings is 1. The lowest BCUT2D eigenvalue weighted by Crippen LogP contribution is -2.50. The third kappa shape index (κ3) is 2.72. The average Bonchev–Trinajstić information content (AvgIpc) is 3.00. The van der Waals surface area contributed by atoms with Gasteiger partial charge in [0.05, 0.1) is 30.7 Å². The molecular weight excluding hydrogens is 254 g/mol. The molecule has 0 bridgehead atoms.